The zero-order valence-corrected chi connectivity index (χ0v) is 57.3. The molecule has 0 aromatic rings. The first-order valence-corrected chi connectivity index (χ1v) is 33.7. The van der Waals surface area contributed by atoms with E-state index in [1.807, 2.05) is 20.8 Å². The second-order valence-electron chi connectivity index (χ2n) is 27.9. The van der Waals surface area contributed by atoms with Crippen molar-refractivity contribution in [3.63, 3.8) is 0 Å². The zero-order chi connectivity index (χ0) is 68.9. The van der Waals surface area contributed by atoms with Gasteiger partial charge in [0.15, 0.2) is 0 Å². The minimum atomic E-state index is -4.51. The summed E-state index contributed by atoms with van der Waals surface area (Å²) in [6.07, 6.45) is 0.630. The molecule has 1 spiro atoms. The first-order chi connectivity index (χ1) is 43.1. The van der Waals surface area contributed by atoms with Crippen LogP contribution in [0.15, 0.2) is 0 Å². The van der Waals surface area contributed by atoms with Gasteiger partial charge in [-0.25, -0.2) is 0 Å². The van der Waals surface area contributed by atoms with Crippen molar-refractivity contribution in [1.29, 1.82) is 5.26 Å². The molecule has 2 heterocycles. The predicted molar refractivity (Wildman–Crippen MR) is 338 cm³/mol. The Labute approximate surface area is 547 Å². The lowest BCUT2D eigenvalue weighted by Gasteiger charge is -2.39. The molecule has 0 aromatic carbocycles. The van der Waals surface area contributed by atoms with Gasteiger partial charge in [0, 0.05) is 72.6 Å². The molecule has 5 fully saturated rings. The van der Waals surface area contributed by atoms with Crippen molar-refractivity contribution < 1.29 is 65.9 Å². The number of hydrogen-bond acceptors (Lipinski definition) is 12. The molecule has 11 amide bonds. The van der Waals surface area contributed by atoms with Crippen LogP contribution < -0.4 is 21.3 Å². The lowest BCUT2D eigenvalue weighted by atomic mass is 9.76. The molecular weight excluding hydrogens is 1220 g/mol. The van der Waals surface area contributed by atoms with Crippen molar-refractivity contribution in [3.05, 3.63) is 0 Å². The number of nitrogens with one attached hydrogen (secondary N) is 4. The van der Waals surface area contributed by atoms with Crippen LogP contribution in [0.25, 0.3) is 0 Å². The number of fused-ring (bicyclic) bond motifs is 1. The molecule has 4 N–H and O–H groups in total. The van der Waals surface area contributed by atoms with E-state index >= 15 is 9.59 Å². The molecule has 2 saturated heterocycles. The van der Waals surface area contributed by atoms with Crippen LogP contribution in [0.1, 0.15) is 170 Å². The number of halogens is 4. The maximum Gasteiger partial charge on any atom is 0.393 e. The summed E-state index contributed by atoms with van der Waals surface area (Å²) < 4.78 is 41.8. The third kappa shape index (κ3) is 19.7. The molecule has 2 aliphatic heterocycles. The van der Waals surface area contributed by atoms with Crippen molar-refractivity contribution in [2.45, 2.75) is 230 Å². The number of likely N-dealkylation sites (N-methyl/N-ethyl adjacent to an activating group) is 6. The van der Waals surface area contributed by atoms with E-state index < -0.39 is 168 Å². The smallest absolute Gasteiger partial charge is 0.351 e. The summed E-state index contributed by atoms with van der Waals surface area (Å²) in [6.45, 7) is 10.8. The molecule has 13 atom stereocenters. The summed E-state index contributed by atoms with van der Waals surface area (Å²) in [5.41, 5.74) is -1.49. The number of rotatable bonds is 10. The third-order valence-corrected chi connectivity index (χ3v) is 20.5. The maximum atomic E-state index is 15.1. The van der Waals surface area contributed by atoms with Crippen LogP contribution >= 0.6 is 11.6 Å². The van der Waals surface area contributed by atoms with Crippen molar-refractivity contribution in [3.8, 4) is 6.07 Å². The highest BCUT2D eigenvalue weighted by Gasteiger charge is 2.51. The van der Waals surface area contributed by atoms with E-state index in [4.69, 9.17) is 11.6 Å². The van der Waals surface area contributed by atoms with E-state index in [2.05, 4.69) is 27.3 Å². The normalized spacial score (nSPS) is 30.8. The van der Waals surface area contributed by atoms with Gasteiger partial charge in [-0.1, -0.05) is 73.6 Å². The van der Waals surface area contributed by atoms with Gasteiger partial charge in [-0.3, -0.25) is 52.7 Å². The predicted octanol–water partition coefficient (Wildman–Crippen LogP) is 4.98. The number of nitriles is 1. The molecule has 0 aromatic heterocycles. The van der Waals surface area contributed by atoms with E-state index in [1.165, 1.54) is 61.9 Å². The Hall–Kier alpha value is -6.26. The fourth-order valence-electron chi connectivity index (χ4n) is 14.2. The molecule has 27 heteroatoms. The highest BCUT2D eigenvalue weighted by Crippen LogP contribution is 2.44. The number of alkyl halides is 4. The van der Waals surface area contributed by atoms with Crippen LogP contribution in [0.3, 0.4) is 0 Å². The van der Waals surface area contributed by atoms with E-state index in [-0.39, 0.29) is 94.9 Å². The molecule has 0 radical (unpaired) electrons. The maximum absolute atomic E-state index is 15.1. The Kier molecular flexibility index (Phi) is 28.0. The van der Waals surface area contributed by atoms with Gasteiger partial charge in [0.1, 0.15) is 41.8 Å². The van der Waals surface area contributed by atoms with Crippen molar-refractivity contribution in [2.75, 3.05) is 68.5 Å². The summed E-state index contributed by atoms with van der Waals surface area (Å²) in [5, 5.41) is 20.5. The highest BCUT2D eigenvalue weighted by atomic mass is 35.5. The summed E-state index contributed by atoms with van der Waals surface area (Å²) in [7, 11) is 8.42. The monoisotopic (exact) mass is 1320 g/mol. The van der Waals surface area contributed by atoms with Gasteiger partial charge in [0.05, 0.1) is 31.6 Å². The number of hydrogen-bond donors (Lipinski definition) is 4. The second-order valence-corrected chi connectivity index (χ2v) is 28.5. The van der Waals surface area contributed by atoms with Gasteiger partial charge in [-0.2, -0.15) is 18.4 Å². The molecule has 518 valence electrons. The van der Waals surface area contributed by atoms with Crippen LogP contribution in [0.4, 0.5) is 13.2 Å². The topological polar surface area (TPSA) is 282 Å². The van der Waals surface area contributed by atoms with Crippen LogP contribution in [-0.2, 0) is 52.7 Å². The van der Waals surface area contributed by atoms with E-state index in [0.717, 1.165) is 27.5 Å². The largest absolute Gasteiger partial charge is 0.393 e. The van der Waals surface area contributed by atoms with Gasteiger partial charge >= 0.3 is 6.18 Å². The summed E-state index contributed by atoms with van der Waals surface area (Å²) in [6, 6.07) is -5.53. The second kappa shape index (κ2) is 33.7. The lowest BCUT2D eigenvalue weighted by molar-refractivity contribution is -0.182. The van der Waals surface area contributed by atoms with Gasteiger partial charge in [-0.15, -0.1) is 11.6 Å². The molecule has 0 bridgehead atoms. The van der Waals surface area contributed by atoms with Crippen molar-refractivity contribution >= 4 is 76.6 Å². The number of nitrogens with zero attached hydrogens (tertiary/aromatic N) is 8. The van der Waals surface area contributed by atoms with Crippen LogP contribution in [0.5, 0.6) is 0 Å². The number of amides is 11. The molecule has 3 saturated carbocycles. The first-order valence-electron chi connectivity index (χ1n) is 33.2. The molecule has 3 aliphatic carbocycles. The summed E-state index contributed by atoms with van der Waals surface area (Å²) in [5.74, 6) is -10.9. The van der Waals surface area contributed by atoms with E-state index in [1.54, 1.807) is 27.7 Å². The fraction of sp³-hybridized carbons (Fsp3) is 0.815. The number of carbonyl (C=O) groups is 11. The first kappa shape index (κ1) is 76.5. The Morgan fingerprint density at radius 2 is 1.28 bits per heavy atom. The van der Waals surface area contributed by atoms with Gasteiger partial charge in [-0.05, 0) is 120 Å². The highest BCUT2D eigenvalue weighted by molar-refractivity contribution is 6.20. The zero-order valence-electron chi connectivity index (χ0n) is 56.5. The van der Waals surface area contributed by atoms with Crippen LogP contribution in [-0.4, -0.2) is 227 Å². The Balaban J connectivity index is 1.54. The molecule has 92 heavy (non-hydrogen) atoms. The average molecular weight is 1320 g/mol. The quantitative estimate of drug-likeness (QED) is 0.211. The minimum absolute atomic E-state index is 0.00660. The standard InChI is InChI=1S/C65H104ClF3N12O11/c1-14-40(6)55-62(91)77(10)36-53(84)75(8)37-54(85)79(12)50(33-43-20-15-16-21-44(43)34-70)61(90)76(9)35-51(82)72-47(26-24-42-23-25-45(46(66)32-42)65(67,68)69)60(89)81-29-19-22-48(81)58(87)74-64(27-17-18-28-64)63(92)80(13)56(39(4)5)59(88)71-41(7)31-52(83)78(11)49(30-38(2)3)57(86)73-55/h38-50,55-56H,14-33,35-37H2,1-13H3,(H,71,88)(H,72,82)(H,73,86)(H,74,87)/t40-,41+,42?,43?,44?,45?,46?,47-,48-,49-,50-,55-,56-/m0/s1. The van der Waals surface area contributed by atoms with Gasteiger partial charge in [0.25, 0.3) is 0 Å². The lowest BCUT2D eigenvalue weighted by Crippen LogP contribution is -2.64. The van der Waals surface area contributed by atoms with Crippen LogP contribution in [0, 0.1) is 52.8 Å². The molecule has 5 aliphatic rings. The number of carbonyl (C=O) groups excluding carboxylic acids is 11. The minimum Gasteiger partial charge on any atom is -0.351 e. The van der Waals surface area contributed by atoms with Gasteiger partial charge in [0.2, 0.25) is 65.0 Å². The Morgan fingerprint density at radius 1 is 0.663 bits per heavy atom. The van der Waals surface area contributed by atoms with E-state index in [9.17, 15) is 61.6 Å². The third-order valence-electron chi connectivity index (χ3n) is 20.1. The van der Waals surface area contributed by atoms with Crippen molar-refractivity contribution in [2.24, 2.45) is 41.4 Å². The SMILES string of the molecule is CC[C@H](C)[C@@H]1NC(=O)[C@H](CC(C)C)N(C)C(=O)C[C@@H](C)NC(=O)[C@H](C(C)C)N(C)C(=O)C2(CCCC2)NC(=O)[C@@H]2CCCN2C(=O)[C@H](CCC2CCC(C(F)(F)F)C(Cl)C2)NC(=O)CN(C)C(=O)[C@H](CC2CCCCC2C#N)N(C)C(=O)CN(C)C(=O)CN(C)C1=O. The summed E-state index contributed by atoms with van der Waals surface area (Å²) >= 11 is 6.36. The van der Waals surface area contributed by atoms with Gasteiger partial charge < -0.3 is 55.6 Å². The average Bonchev–Trinajstić information content (AvgIpc) is 1.52. The van der Waals surface area contributed by atoms with Crippen molar-refractivity contribution in [1.82, 2.24) is 55.6 Å². The van der Waals surface area contributed by atoms with Crippen LogP contribution in [0.2, 0.25) is 0 Å². The summed E-state index contributed by atoms with van der Waals surface area (Å²) in [4.78, 5) is 168. The molecule has 5 unspecified atom stereocenters. The Morgan fingerprint density at radius 3 is 1.88 bits per heavy atom. The molecular formula is C65H104ClF3N12O11. The molecule has 23 nitrogen and oxygen atoms in total. The fourth-order valence-corrected chi connectivity index (χ4v) is 14.7. The van der Waals surface area contributed by atoms with E-state index in [0.29, 0.717) is 38.5 Å². The molecule has 5 rings (SSSR count). The Bertz CT molecular complexity index is 2690.